The van der Waals surface area contributed by atoms with Crippen LogP contribution in [-0.4, -0.2) is 58.7 Å². The molecule has 0 spiro atoms. The molecule has 0 atom stereocenters. The summed E-state index contributed by atoms with van der Waals surface area (Å²) >= 11 is 0. The fraction of sp³-hybridized carbons (Fsp3) is 0.353. The molecular weight excluding hydrogens is 390 g/mol. The van der Waals surface area contributed by atoms with Crippen molar-refractivity contribution in [1.29, 1.82) is 0 Å². The first-order chi connectivity index (χ1) is 13.9. The van der Waals surface area contributed by atoms with Gasteiger partial charge in [0.2, 0.25) is 11.6 Å². The van der Waals surface area contributed by atoms with Gasteiger partial charge in [0.15, 0.2) is 0 Å². The van der Waals surface area contributed by atoms with E-state index in [0.29, 0.717) is 32.2 Å². The van der Waals surface area contributed by atoms with Gasteiger partial charge >= 0.3 is 11.8 Å². The van der Waals surface area contributed by atoms with Gasteiger partial charge in [-0.2, -0.15) is 0 Å². The van der Waals surface area contributed by atoms with Crippen LogP contribution in [0.2, 0.25) is 0 Å². The number of piperazine rings is 1. The van der Waals surface area contributed by atoms with E-state index in [1.807, 2.05) is 0 Å². The van der Waals surface area contributed by atoms with Crippen LogP contribution in [0, 0.1) is 21.7 Å². The number of hydrogen-bond donors (Lipinski definition) is 1. The molecule has 0 radical (unpaired) electrons. The van der Waals surface area contributed by atoms with E-state index < -0.39 is 28.3 Å². The summed E-state index contributed by atoms with van der Waals surface area (Å²) in [6, 6.07) is 2.80. The topological polar surface area (TPSA) is 114 Å². The Kier molecular flexibility index (Phi) is 6.00. The summed E-state index contributed by atoms with van der Waals surface area (Å²) < 4.78 is 32.0. The highest BCUT2D eigenvalue weighted by atomic mass is 19.1. The zero-order chi connectivity index (χ0) is 21.0. The molecule has 1 aromatic carbocycles. The van der Waals surface area contributed by atoms with E-state index in [1.165, 1.54) is 4.90 Å². The summed E-state index contributed by atoms with van der Waals surface area (Å²) in [5.74, 6) is -1.87. The smallest absolute Gasteiger partial charge is 0.409 e. The summed E-state index contributed by atoms with van der Waals surface area (Å²) in [5, 5.41) is 14.2. The Morgan fingerprint density at radius 2 is 2.00 bits per heavy atom. The quantitative estimate of drug-likeness (QED) is 0.593. The number of nitrogens with one attached hydrogen (secondary N) is 1. The largest absolute Gasteiger partial charge is 0.450 e. The van der Waals surface area contributed by atoms with Crippen molar-refractivity contribution >= 4 is 29.1 Å². The lowest BCUT2D eigenvalue weighted by atomic mass is 10.2. The number of anilines is 3. The van der Waals surface area contributed by atoms with Gasteiger partial charge < -0.3 is 19.9 Å². The molecule has 12 heteroatoms. The van der Waals surface area contributed by atoms with Crippen LogP contribution in [-0.2, 0) is 4.74 Å². The molecule has 1 aliphatic heterocycles. The van der Waals surface area contributed by atoms with Crippen molar-refractivity contribution in [2.45, 2.75) is 6.92 Å². The van der Waals surface area contributed by atoms with Gasteiger partial charge in [-0.3, -0.25) is 10.1 Å². The molecule has 10 nitrogen and oxygen atoms in total. The molecule has 1 amide bonds. The van der Waals surface area contributed by atoms with Gasteiger partial charge in [-0.05, 0) is 19.1 Å². The zero-order valence-electron chi connectivity index (χ0n) is 15.5. The van der Waals surface area contributed by atoms with Crippen molar-refractivity contribution in [3.05, 3.63) is 46.3 Å². The van der Waals surface area contributed by atoms with Gasteiger partial charge in [-0.25, -0.2) is 23.5 Å². The third-order valence-electron chi connectivity index (χ3n) is 4.27. The Labute approximate surface area is 164 Å². The fourth-order valence-electron chi connectivity index (χ4n) is 2.89. The minimum Gasteiger partial charge on any atom is -0.450 e. The van der Waals surface area contributed by atoms with Gasteiger partial charge in [-0.1, -0.05) is 0 Å². The van der Waals surface area contributed by atoms with Crippen LogP contribution in [0.1, 0.15) is 6.92 Å². The van der Waals surface area contributed by atoms with E-state index in [4.69, 9.17) is 4.74 Å². The number of hydrogen-bond acceptors (Lipinski definition) is 8. The predicted octanol–water partition coefficient (Wildman–Crippen LogP) is 2.69. The Morgan fingerprint density at radius 1 is 1.28 bits per heavy atom. The second kappa shape index (κ2) is 8.63. The maximum absolute atomic E-state index is 13.9. The number of ether oxygens (including phenoxy) is 1. The fourth-order valence-corrected chi connectivity index (χ4v) is 2.89. The molecule has 2 heterocycles. The van der Waals surface area contributed by atoms with Crippen LogP contribution in [0.4, 0.5) is 36.6 Å². The lowest BCUT2D eigenvalue weighted by molar-refractivity contribution is -0.383. The molecule has 3 rings (SSSR count). The SMILES string of the molecule is CCOC(=O)N1CCN(c2ncnc(Nc3ccc(F)cc3F)c2[N+](=O)[O-])CC1. The van der Waals surface area contributed by atoms with Crippen LogP contribution < -0.4 is 10.2 Å². The molecule has 0 aliphatic carbocycles. The molecule has 154 valence electrons. The second-order valence-electron chi connectivity index (χ2n) is 6.07. The molecule has 1 aromatic heterocycles. The maximum atomic E-state index is 13.9. The Hall–Kier alpha value is -3.57. The number of nitrogens with zero attached hydrogens (tertiary/aromatic N) is 5. The van der Waals surface area contributed by atoms with Crippen LogP contribution in [0.15, 0.2) is 24.5 Å². The second-order valence-corrected chi connectivity index (χ2v) is 6.07. The number of benzene rings is 1. The van der Waals surface area contributed by atoms with Gasteiger partial charge in [0.05, 0.1) is 17.2 Å². The van der Waals surface area contributed by atoms with E-state index in [0.717, 1.165) is 18.5 Å². The van der Waals surface area contributed by atoms with Crippen molar-refractivity contribution in [3.8, 4) is 0 Å². The van der Waals surface area contributed by atoms with Crippen LogP contribution in [0.25, 0.3) is 0 Å². The molecular formula is C17H18F2N6O4. The van der Waals surface area contributed by atoms with Crippen molar-refractivity contribution < 1.29 is 23.2 Å². The maximum Gasteiger partial charge on any atom is 0.409 e. The van der Waals surface area contributed by atoms with Gasteiger partial charge in [0, 0.05) is 32.2 Å². The molecule has 29 heavy (non-hydrogen) atoms. The summed E-state index contributed by atoms with van der Waals surface area (Å²) in [7, 11) is 0. The Bertz CT molecular complexity index is 921. The molecule has 1 aliphatic rings. The molecule has 0 unspecified atom stereocenters. The number of nitro groups is 1. The lowest BCUT2D eigenvalue weighted by Crippen LogP contribution is -2.49. The number of carbonyl (C=O) groups is 1. The van der Waals surface area contributed by atoms with Crippen molar-refractivity contribution in [1.82, 2.24) is 14.9 Å². The van der Waals surface area contributed by atoms with E-state index in [9.17, 15) is 23.7 Å². The number of rotatable bonds is 5. The average Bonchev–Trinajstić information content (AvgIpc) is 2.70. The molecule has 0 saturated carbocycles. The van der Waals surface area contributed by atoms with Crippen molar-refractivity contribution in [2.75, 3.05) is 43.0 Å². The third-order valence-corrected chi connectivity index (χ3v) is 4.27. The molecule has 1 N–H and O–H groups in total. The molecule has 0 bridgehead atoms. The number of carbonyl (C=O) groups excluding carboxylic acids is 1. The highest BCUT2D eigenvalue weighted by Gasteiger charge is 2.31. The van der Waals surface area contributed by atoms with Crippen molar-refractivity contribution in [2.24, 2.45) is 0 Å². The number of aromatic nitrogens is 2. The molecule has 2 aromatic rings. The summed E-state index contributed by atoms with van der Waals surface area (Å²) in [4.78, 5) is 33.8. The molecule has 1 fully saturated rings. The number of amides is 1. The predicted molar refractivity (Wildman–Crippen MR) is 99.1 cm³/mol. The Morgan fingerprint density at radius 3 is 2.62 bits per heavy atom. The van der Waals surface area contributed by atoms with Gasteiger partial charge in [0.25, 0.3) is 0 Å². The minimum absolute atomic E-state index is 0.0403. The van der Waals surface area contributed by atoms with E-state index in [-0.39, 0.29) is 23.9 Å². The lowest BCUT2D eigenvalue weighted by Gasteiger charge is -2.34. The summed E-state index contributed by atoms with van der Waals surface area (Å²) in [6.45, 7) is 3.15. The first-order valence-corrected chi connectivity index (χ1v) is 8.78. The van der Waals surface area contributed by atoms with E-state index in [1.54, 1.807) is 11.8 Å². The van der Waals surface area contributed by atoms with Crippen molar-refractivity contribution in [3.63, 3.8) is 0 Å². The van der Waals surface area contributed by atoms with E-state index in [2.05, 4.69) is 15.3 Å². The monoisotopic (exact) mass is 408 g/mol. The van der Waals surface area contributed by atoms with Gasteiger partial charge in [0.1, 0.15) is 18.0 Å². The van der Waals surface area contributed by atoms with Crippen LogP contribution in [0.5, 0.6) is 0 Å². The van der Waals surface area contributed by atoms with Crippen LogP contribution in [0.3, 0.4) is 0 Å². The zero-order valence-corrected chi connectivity index (χ0v) is 15.5. The molecule has 1 saturated heterocycles. The summed E-state index contributed by atoms with van der Waals surface area (Å²) in [6.07, 6.45) is 0.669. The highest BCUT2D eigenvalue weighted by molar-refractivity contribution is 5.75. The Balaban J connectivity index is 1.84. The normalized spacial score (nSPS) is 13.9. The minimum atomic E-state index is -0.914. The van der Waals surface area contributed by atoms with Crippen LogP contribution >= 0.6 is 0 Å². The third kappa shape index (κ3) is 4.47. The number of halogens is 2. The summed E-state index contributed by atoms with van der Waals surface area (Å²) in [5.41, 5.74) is -0.605. The first-order valence-electron chi connectivity index (χ1n) is 8.78. The standard InChI is InChI=1S/C17H18F2N6O4/c1-2-29-17(26)24-7-5-23(6-8-24)16-14(25(27)28)15(20-10-21-16)22-13-4-3-11(18)9-12(13)19/h3-4,9-10H,2,5-8H2,1H3,(H,20,21,22). The first kappa shape index (κ1) is 20.2. The van der Waals surface area contributed by atoms with Gasteiger partial charge in [-0.15, -0.1) is 0 Å². The highest BCUT2D eigenvalue weighted by Crippen LogP contribution is 2.34. The average molecular weight is 408 g/mol. The van der Waals surface area contributed by atoms with E-state index >= 15 is 0 Å².